The smallest absolute Gasteiger partial charge is 0.251 e. The van der Waals surface area contributed by atoms with E-state index >= 15 is 0 Å². The fourth-order valence-electron chi connectivity index (χ4n) is 4.44. The van der Waals surface area contributed by atoms with Crippen molar-refractivity contribution in [3.8, 4) is 11.5 Å². The lowest BCUT2D eigenvalue weighted by atomic mass is 9.93. The van der Waals surface area contributed by atoms with Crippen LogP contribution in [0.3, 0.4) is 0 Å². The SMILES string of the molecule is C[C@@H](O)C(=O)N1CCC(CCn2c(Sc3cc4c(cc3I)OCO4)nc3c(N)nccc32)CC1. The number of aliphatic hydroxyl groups excluding tert-OH is 1. The van der Waals surface area contributed by atoms with Crippen LogP contribution in [-0.4, -0.2) is 56.4 Å². The molecule has 1 atom stereocenters. The number of aromatic nitrogens is 3. The first-order valence-electron chi connectivity index (χ1n) is 11.2. The molecule has 3 aromatic rings. The maximum atomic E-state index is 12.1. The van der Waals surface area contributed by atoms with E-state index in [0.717, 1.165) is 56.4 Å². The first-order valence-corrected chi connectivity index (χ1v) is 13.1. The quantitative estimate of drug-likeness (QED) is 0.417. The van der Waals surface area contributed by atoms with E-state index in [0.29, 0.717) is 30.3 Å². The van der Waals surface area contributed by atoms with Crippen molar-refractivity contribution in [2.75, 3.05) is 25.6 Å². The molecule has 0 bridgehead atoms. The molecule has 1 saturated heterocycles. The number of likely N-dealkylation sites (tertiary alicyclic amines) is 1. The molecular formula is C23H26IN5O4S. The predicted octanol–water partition coefficient (Wildman–Crippen LogP) is 3.51. The van der Waals surface area contributed by atoms with Crippen LogP contribution in [-0.2, 0) is 11.3 Å². The van der Waals surface area contributed by atoms with Crippen molar-refractivity contribution in [1.29, 1.82) is 0 Å². The van der Waals surface area contributed by atoms with E-state index in [2.05, 4.69) is 32.1 Å². The summed E-state index contributed by atoms with van der Waals surface area (Å²) in [5.74, 6) is 2.24. The Hall–Kier alpha value is -2.25. The van der Waals surface area contributed by atoms with E-state index in [4.69, 9.17) is 20.2 Å². The van der Waals surface area contributed by atoms with Crippen molar-refractivity contribution in [2.45, 2.75) is 48.9 Å². The highest BCUT2D eigenvalue weighted by atomic mass is 127. The first kappa shape index (κ1) is 23.5. The summed E-state index contributed by atoms with van der Waals surface area (Å²) in [6.45, 7) is 3.93. The Morgan fingerprint density at radius 2 is 2.06 bits per heavy atom. The predicted molar refractivity (Wildman–Crippen MR) is 137 cm³/mol. The molecule has 2 aliphatic rings. The molecule has 9 nitrogen and oxygen atoms in total. The van der Waals surface area contributed by atoms with E-state index in [1.165, 1.54) is 6.92 Å². The van der Waals surface area contributed by atoms with Gasteiger partial charge in [-0.15, -0.1) is 0 Å². The fraction of sp³-hybridized carbons (Fsp3) is 0.435. The molecule has 1 aromatic carbocycles. The molecule has 0 unspecified atom stereocenters. The Morgan fingerprint density at radius 3 is 2.79 bits per heavy atom. The Bertz CT molecular complexity index is 1230. The molecule has 1 amide bonds. The standard InChI is InChI=1S/C23H26IN5O4S/c1-13(30)22(31)28-7-3-14(4-8-28)5-9-29-16-2-6-26-21(25)20(16)27-23(29)34-19-11-18-17(10-15(19)24)32-12-33-18/h2,6,10-11,13-14,30H,3-5,7-9,12H2,1H3,(H2,25,26)/t13-/m1/s1. The molecule has 180 valence electrons. The highest BCUT2D eigenvalue weighted by Gasteiger charge is 2.26. The van der Waals surface area contributed by atoms with Gasteiger partial charge in [-0.05, 0) is 72.9 Å². The summed E-state index contributed by atoms with van der Waals surface area (Å²) in [4.78, 5) is 23.9. The molecule has 0 saturated carbocycles. The van der Waals surface area contributed by atoms with Gasteiger partial charge in [0.1, 0.15) is 11.6 Å². The number of benzene rings is 1. The molecule has 0 spiro atoms. The number of imidazole rings is 1. The number of fused-ring (bicyclic) bond motifs is 2. The van der Waals surface area contributed by atoms with Gasteiger partial charge in [0, 0.05) is 34.3 Å². The van der Waals surface area contributed by atoms with Gasteiger partial charge in [0.05, 0.1) is 5.52 Å². The number of anilines is 1. The number of nitrogens with two attached hydrogens (primary N) is 1. The van der Waals surface area contributed by atoms with Gasteiger partial charge < -0.3 is 29.8 Å². The van der Waals surface area contributed by atoms with Gasteiger partial charge in [-0.3, -0.25) is 4.79 Å². The molecule has 3 N–H and O–H groups in total. The zero-order chi connectivity index (χ0) is 23.8. The largest absolute Gasteiger partial charge is 0.454 e. The molecule has 11 heteroatoms. The van der Waals surface area contributed by atoms with E-state index in [1.54, 1.807) is 22.9 Å². The highest BCUT2D eigenvalue weighted by molar-refractivity contribution is 14.1. The second kappa shape index (κ2) is 9.78. The zero-order valence-corrected chi connectivity index (χ0v) is 21.7. The molecule has 4 heterocycles. The second-order valence-electron chi connectivity index (χ2n) is 8.58. The van der Waals surface area contributed by atoms with Gasteiger partial charge in [-0.25, -0.2) is 9.97 Å². The number of pyridine rings is 1. The van der Waals surface area contributed by atoms with Gasteiger partial charge in [0.25, 0.3) is 5.91 Å². The lowest BCUT2D eigenvalue weighted by Gasteiger charge is -2.32. The number of aryl methyl sites for hydroxylation is 1. The summed E-state index contributed by atoms with van der Waals surface area (Å²) >= 11 is 3.89. The third-order valence-corrected chi connectivity index (χ3v) is 8.64. The Morgan fingerprint density at radius 1 is 1.32 bits per heavy atom. The summed E-state index contributed by atoms with van der Waals surface area (Å²) in [6.07, 6.45) is 3.60. The molecule has 2 aromatic heterocycles. The number of carbonyl (C=O) groups is 1. The van der Waals surface area contributed by atoms with Crippen LogP contribution in [0.4, 0.5) is 5.82 Å². The lowest BCUT2D eigenvalue weighted by Crippen LogP contribution is -2.43. The molecular weight excluding hydrogens is 569 g/mol. The minimum Gasteiger partial charge on any atom is -0.454 e. The Labute approximate surface area is 215 Å². The topological polar surface area (TPSA) is 116 Å². The molecule has 2 aliphatic heterocycles. The summed E-state index contributed by atoms with van der Waals surface area (Å²) < 4.78 is 14.3. The van der Waals surface area contributed by atoms with Crippen LogP contribution < -0.4 is 15.2 Å². The summed E-state index contributed by atoms with van der Waals surface area (Å²) in [6, 6.07) is 5.93. The van der Waals surface area contributed by atoms with Crippen LogP contribution in [0, 0.1) is 9.49 Å². The van der Waals surface area contributed by atoms with E-state index in [-0.39, 0.29) is 12.7 Å². The number of nitrogen functional groups attached to an aromatic ring is 1. The highest BCUT2D eigenvalue weighted by Crippen LogP contribution is 2.42. The molecule has 0 aliphatic carbocycles. The third-order valence-electron chi connectivity index (χ3n) is 6.33. The number of hydrogen-bond donors (Lipinski definition) is 2. The minimum absolute atomic E-state index is 0.181. The summed E-state index contributed by atoms with van der Waals surface area (Å²) in [5, 5.41) is 10.4. The average molecular weight is 595 g/mol. The van der Waals surface area contributed by atoms with Gasteiger partial charge in [0.15, 0.2) is 22.5 Å². The second-order valence-corrected chi connectivity index (χ2v) is 10.8. The van der Waals surface area contributed by atoms with Crippen LogP contribution in [0.2, 0.25) is 0 Å². The number of aliphatic hydroxyl groups is 1. The number of nitrogens with zero attached hydrogens (tertiary/aromatic N) is 4. The molecule has 0 radical (unpaired) electrons. The van der Waals surface area contributed by atoms with Crippen LogP contribution in [0.1, 0.15) is 26.2 Å². The molecule has 34 heavy (non-hydrogen) atoms. The van der Waals surface area contributed by atoms with Gasteiger partial charge in [-0.1, -0.05) is 11.8 Å². The summed E-state index contributed by atoms with van der Waals surface area (Å²) in [5.41, 5.74) is 7.82. The zero-order valence-electron chi connectivity index (χ0n) is 18.7. The van der Waals surface area contributed by atoms with Crippen LogP contribution in [0.25, 0.3) is 11.0 Å². The van der Waals surface area contributed by atoms with Crippen LogP contribution in [0.5, 0.6) is 11.5 Å². The summed E-state index contributed by atoms with van der Waals surface area (Å²) in [7, 11) is 0. The monoisotopic (exact) mass is 595 g/mol. The normalized spacial score (nSPS) is 16.9. The number of hydrogen-bond acceptors (Lipinski definition) is 8. The number of rotatable bonds is 6. The molecule has 5 rings (SSSR count). The lowest BCUT2D eigenvalue weighted by molar-refractivity contribution is -0.140. The first-order chi connectivity index (χ1) is 16.4. The Kier molecular flexibility index (Phi) is 6.76. The number of halogens is 1. The van der Waals surface area contributed by atoms with Crippen molar-refractivity contribution < 1.29 is 19.4 Å². The van der Waals surface area contributed by atoms with Gasteiger partial charge in [-0.2, -0.15) is 0 Å². The van der Waals surface area contributed by atoms with Crippen LogP contribution in [0.15, 0.2) is 34.4 Å². The average Bonchev–Trinajstić information content (AvgIpc) is 3.42. The van der Waals surface area contributed by atoms with E-state index < -0.39 is 6.10 Å². The third kappa shape index (κ3) is 4.65. The number of amides is 1. The maximum absolute atomic E-state index is 12.1. The minimum atomic E-state index is -0.938. The number of carbonyl (C=O) groups excluding carboxylic acids is 1. The van der Waals surface area contributed by atoms with Gasteiger partial charge >= 0.3 is 0 Å². The number of piperidine rings is 1. The van der Waals surface area contributed by atoms with Crippen LogP contribution >= 0.6 is 34.4 Å². The van der Waals surface area contributed by atoms with Crippen molar-refractivity contribution in [1.82, 2.24) is 19.4 Å². The fourth-order valence-corrected chi connectivity index (χ4v) is 6.16. The van der Waals surface area contributed by atoms with E-state index in [1.807, 2.05) is 18.2 Å². The van der Waals surface area contributed by atoms with E-state index in [9.17, 15) is 9.90 Å². The van der Waals surface area contributed by atoms with Crippen molar-refractivity contribution in [3.05, 3.63) is 28.0 Å². The van der Waals surface area contributed by atoms with Crippen molar-refractivity contribution in [3.63, 3.8) is 0 Å². The van der Waals surface area contributed by atoms with Gasteiger partial charge in [0.2, 0.25) is 6.79 Å². The van der Waals surface area contributed by atoms with Crippen molar-refractivity contribution >= 4 is 57.1 Å². The number of ether oxygens (including phenoxy) is 2. The van der Waals surface area contributed by atoms with Crippen molar-refractivity contribution in [2.24, 2.45) is 5.92 Å². The Balaban J connectivity index is 1.36. The maximum Gasteiger partial charge on any atom is 0.251 e. The molecule has 1 fully saturated rings.